The molecule has 0 aliphatic carbocycles. The van der Waals surface area contributed by atoms with E-state index in [0.29, 0.717) is 5.65 Å². The van der Waals surface area contributed by atoms with Gasteiger partial charge in [-0.2, -0.15) is 5.10 Å². The number of hydrogen-bond donors (Lipinski definition) is 2. The predicted molar refractivity (Wildman–Crippen MR) is 130 cm³/mol. The van der Waals surface area contributed by atoms with Crippen LogP contribution in [-0.4, -0.2) is 30.1 Å². The van der Waals surface area contributed by atoms with E-state index >= 15 is 0 Å². The number of rotatable bonds is 4. The number of aromatic nitrogens is 6. The molecule has 0 atom stereocenters. The Morgan fingerprint density at radius 2 is 1.91 bits per heavy atom. The van der Waals surface area contributed by atoms with E-state index in [9.17, 15) is 0 Å². The normalized spacial score (nSPS) is 11.4. The Morgan fingerprint density at radius 3 is 2.72 bits per heavy atom. The molecule has 6 aromatic heterocycles. The van der Waals surface area contributed by atoms with Crippen molar-refractivity contribution in [2.24, 2.45) is 0 Å². The summed E-state index contributed by atoms with van der Waals surface area (Å²) in [5, 5.41) is 9.54. The maximum Gasteiger partial charge on any atom is 0.181 e. The van der Waals surface area contributed by atoms with Gasteiger partial charge in [0.2, 0.25) is 0 Å². The highest BCUT2D eigenvalue weighted by molar-refractivity contribution is 7.16. The van der Waals surface area contributed by atoms with E-state index in [0.717, 1.165) is 50.2 Å². The van der Waals surface area contributed by atoms with E-state index in [2.05, 4.69) is 67.0 Å². The number of pyridine rings is 3. The first-order valence-electron chi connectivity index (χ1n) is 10.2. The molecule has 6 rings (SSSR count). The van der Waals surface area contributed by atoms with Gasteiger partial charge in [-0.25, -0.2) is 9.97 Å². The lowest BCUT2D eigenvalue weighted by Crippen LogP contribution is -1.85. The van der Waals surface area contributed by atoms with Crippen molar-refractivity contribution in [1.82, 2.24) is 30.1 Å². The lowest BCUT2D eigenvalue weighted by molar-refractivity contribution is 1.10. The minimum absolute atomic E-state index is 0.663. The van der Waals surface area contributed by atoms with E-state index in [1.165, 1.54) is 9.75 Å². The van der Waals surface area contributed by atoms with Gasteiger partial charge in [0.25, 0.3) is 0 Å². The zero-order chi connectivity index (χ0) is 21.7. The first-order chi connectivity index (χ1) is 15.7. The summed E-state index contributed by atoms with van der Waals surface area (Å²) in [5.41, 5.74) is 7.33. The molecule has 6 aromatic rings. The molecule has 0 saturated carbocycles. The van der Waals surface area contributed by atoms with Gasteiger partial charge in [0.1, 0.15) is 5.65 Å². The third-order valence-electron chi connectivity index (χ3n) is 5.46. The van der Waals surface area contributed by atoms with Gasteiger partial charge in [-0.1, -0.05) is 12.6 Å². The molecule has 6 heterocycles. The SMILES string of the molecule is C=C(C)c1ccc(-c2ccnc3[nH]c(-c4[nH]nc5ncc(-c6ccccn6)cc45)cc23)s1. The summed E-state index contributed by atoms with van der Waals surface area (Å²) in [6.07, 6.45) is 5.42. The lowest BCUT2D eigenvalue weighted by Gasteiger charge is -2.00. The number of H-pyrrole nitrogens is 2. The molecule has 0 unspecified atom stereocenters. The third kappa shape index (κ3) is 3.02. The Morgan fingerprint density at radius 1 is 0.969 bits per heavy atom. The molecule has 0 aliphatic rings. The summed E-state index contributed by atoms with van der Waals surface area (Å²) in [6, 6.07) is 16.4. The van der Waals surface area contributed by atoms with Crippen LogP contribution in [0, 0.1) is 0 Å². The highest BCUT2D eigenvalue weighted by atomic mass is 32.1. The van der Waals surface area contributed by atoms with Gasteiger partial charge in [0.15, 0.2) is 5.65 Å². The molecule has 32 heavy (non-hydrogen) atoms. The summed E-state index contributed by atoms with van der Waals surface area (Å²) >= 11 is 1.74. The van der Waals surface area contributed by atoms with Gasteiger partial charge in [-0.05, 0) is 55.0 Å². The second-order valence-electron chi connectivity index (χ2n) is 7.66. The molecule has 6 nitrogen and oxygen atoms in total. The van der Waals surface area contributed by atoms with Crippen molar-refractivity contribution in [2.75, 3.05) is 0 Å². The maximum absolute atomic E-state index is 4.56. The van der Waals surface area contributed by atoms with Crippen LogP contribution in [-0.2, 0) is 0 Å². The van der Waals surface area contributed by atoms with Crippen molar-refractivity contribution >= 4 is 39.0 Å². The lowest BCUT2D eigenvalue weighted by atomic mass is 10.1. The van der Waals surface area contributed by atoms with Gasteiger partial charge in [0.05, 0.1) is 17.1 Å². The maximum atomic E-state index is 4.56. The number of fused-ring (bicyclic) bond motifs is 2. The average molecular weight is 435 g/mol. The van der Waals surface area contributed by atoms with Crippen LogP contribution in [0.5, 0.6) is 0 Å². The number of allylic oxidation sites excluding steroid dienone is 1. The molecule has 0 bridgehead atoms. The van der Waals surface area contributed by atoms with E-state index in [4.69, 9.17) is 0 Å². The average Bonchev–Trinajstić information content (AvgIpc) is 3.56. The molecule has 7 heteroatoms. The van der Waals surface area contributed by atoms with E-state index < -0.39 is 0 Å². The van der Waals surface area contributed by atoms with Crippen molar-refractivity contribution in [3.8, 4) is 33.1 Å². The standard InChI is InChI=1S/C25H18N6S/c1-14(2)21-6-7-22(32-21)16-8-10-27-24-17(16)12-20(29-24)23-18-11-15(13-28-25(18)31-30-23)19-5-3-4-9-26-19/h3-13H,1H2,2H3,(H,27,29)(H,28,30,31). The summed E-state index contributed by atoms with van der Waals surface area (Å²) in [6.45, 7) is 6.09. The van der Waals surface area contributed by atoms with Gasteiger partial charge in [0, 0.05) is 50.2 Å². The summed E-state index contributed by atoms with van der Waals surface area (Å²) in [7, 11) is 0. The molecule has 0 amide bonds. The Labute approximate surface area is 187 Å². The highest BCUT2D eigenvalue weighted by Crippen LogP contribution is 2.37. The van der Waals surface area contributed by atoms with Gasteiger partial charge in [-0.3, -0.25) is 10.1 Å². The Balaban J connectivity index is 1.49. The third-order valence-corrected chi connectivity index (χ3v) is 6.74. The van der Waals surface area contributed by atoms with Crippen LogP contribution in [0.2, 0.25) is 0 Å². The Hall–Kier alpha value is -4.10. The molecule has 2 N–H and O–H groups in total. The van der Waals surface area contributed by atoms with Crippen LogP contribution in [0.1, 0.15) is 11.8 Å². The van der Waals surface area contributed by atoms with Crippen LogP contribution < -0.4 is 0 Å². The van der Waals surface area contributed by atoms with Crippen molar-refractivity contribution in [1.29, 1.82) is 0 Å². The van der Waals surface area contributed by atoms with Crippen LogP contribution in [0.3, 0.4) is 0 Å². The molecule has 0 saturated heterocycles. The summed E-state index contributed by atoms with van der Waals surface area (Å²) in [5.74, 6) is 0. The van der Waals surface area contributed by atoms with Crippen LogP contribution in [0.25, 0.3) is 60.7 Å². The second kappa shape index (κ2) is 7.25. The minimum atomic E-state index is 0.663. The van der Waals surface area contributed by atoms with Crippen LogP contribution in [0.4, 0.5) is 0 Å². The van der Waals surface area contributed by atoms with Crippen LogP contribution in [0.15, 0.2) is 73.7 Å². The summed E-state index contributed by atoms with van der Waals surface area (Å²) < 4.78 is 0. The zero-order valence-corrected chi connectivity index (χ0v) is 18.1. The van der Waals surface area contributed by atoms with Gasteiger partial charge in [-0.15, -0.1) is 11.3 Å². The van der Waals surface area contributed by atoms with Crippen LogP contribution >= 0.6 is 11.3 Å². The quantitative estimate of drug-likeness (QED) is 0.340. The Kier molecular flexibility index (Phi) is 4.22. The van der Waals surface area contributed by atoms with Crippen molar-refractivity contribution in [2.45, 2.75) is 6.92 Å². The highest BCUT2D eigenvalue weighted by Gasteiger charge is 2.16. The fourth-order valence-electron chi connectivity index (χ4n) is 3.87. The predicted octanol–water partition coefficient (Wildman–Crippen LogP) is 6.32. The number of nitrogens with zero attached hydrogens (tertiary/aromatic N) is 4. The number of nitrogens with one attached hydrogen (secondary N) is 2. The molecule has 0 radical (unpaired) electrons. The fraction of sp³-hybridized carbons (Fsp3) is 0.0400. The van der Waals surface area contributed by atoms with E-state index in [1.807, 2.05) is 31.3 Å². The van der Waals surface area contributed by atoms with E-state index in [-0.39, 0.29) is 0 Å². The number of hydrogen-bond acceptors (Lipinski definition) is 5. The monoisotopic (exact) mass is 434 g/mol. The van der Waals surface area contributed by atoms with E-state index in [1.54, 1.807) is 23.7 Å². The van der Waals surface area contributed by atoms with Gasteiger partial charge >= 0.3 is 0 Å². The smallest absolute Gasteiger partial charge is 0.181 e. The molecule has 0 aliphatic heterocycles. The Bertz CT molecular complexity index is 1610. The molecule has 0 aromatic carbocycles. The second-order valence-corrected chi connectivity index (χ2v) is 8.74. The molecule has 0 spiro atoms. The topological polar surface area (TPSA) is 83.1 Å². The minimum Gasteiger partial charge on any atom is -0.338 e. The van der Waals surface area contributed by atoms with Crippen molar-refractivity contribution < 1.29 is 0 Å². The first-order valence-corrected chi connectivity index (χ1v) is 11.0. The molecule has 154 valence electrons. The van der Waals surface area contributed by atoms with Crippen molar-refractivity contribution in [3.05, 3.63) is 78.6 Å². The zero-order valence-electron chi connectivity index (χ0n) is 17.3. The molecule has 0 fully saturated rings. The number of thiophene rings is 1. The van der Waals surface area contributed by atoms with Crippen molar-refractivity contribution in [3.63, 3.8) is 0 Å². The molecular formula is C25H18N6S. The van der Waals surface area contributed by atoms with Gasteiger partial charge < -0.3 is 4.98 Å². The summed E-state index contributed by atoms with van der Waals surface area (Å²) in [4.78, 5) is 19.4. The largest absolute Gasteiger partial charge is 0.338 e. The first kappa shape index (κ1) is 18.7. The number of aromatic amines is 2. The fourth-order valence-corrected chi connectivity index (χ4v) is 4.84. The molecular weight excluding hydrogens is 416 g/mol.